The van der Waals surface area contributed by atoms with Crippen molar-refractivity contribution < 1.29 is 37.5 Å². The molecule has 11 rings (SSSR count). The predicted octanol–water partition coefficient (Wildman–Crippen LogP) is 8.01. The molecular formula is C53H64N8O9S. The summed E-state index contributed by atoms with van der Waals surface area (Å²) in [5.74, 6) is -0.300. The number of aromatic nitrogens is 2. The summed E-state index contributed by atoms with van der Waals surface area (Å²) in [5, 5.41) is 26.7. The molecule has 71 heavy (non-hydrogen) atoms. The first kappa shape index (κ1) is 47.5. The Hall–Kier alpha value is -5.79. The topological polar surface area (TPSA) is 205 Å². The Kier molecular flexibility index (Phi) is 12.7. The van der Waals surface area contributed by atoms with Gasteiger partial charge in [-0.05, 0) is 137 Å². The van der Waals surface area contributed by atoms with Crippen molar-refractivity contribution in [3.63, 3.8) is 0 Å². The molecule has 3 atom stereocenters. The Morgan fingerprint density at radius 1 is 0.944 bits per heavy atom. The third-order valence-electron chi connectivity index (χ3n) is 16.6. The molecule has 2 aliphatic carbocycles. The van der Waals surface area contributed by atoms with Gasteiger partial charge in [-0.15, -0.1) is 0 Å². The van der Waals surface area contributed by atoms with Crippen molar-refractivity contribution >= 4 is 55.4 Å². The first-order valence-electron chi connectivity index (χ1n) is 25.3. The van der Waals surface area contributed by atoms with E-state index in [-0.39, 0.29) is 40.6 Å². The second-order valence-electron chi connectivity index (χ2n) is 21.2. The van der Waals surface area contributed by atoms with Crippen LogP contribution in [0.1, 0.15) is 92.2 Å². The molecule has 3 saturated heterocycles. The van der Waals surface area contributed by atoms with Gasteiger partial charge >= 0.3 is 0 Å². The van der Waals surface area contributed by atoms with Crippen LogP contribution in [0.4, 0.5) is 28.4 Å². The van der Waals surface area contributed by atoms with Gasteiger partial charge in [0.15, 0.2) is 0 Å². The molecule has 0 radical (unpaired) electrons. The Bertz CT molecular complexity index is 2920. The zero-order chi connectivity index (χ0) is 49.1. The highest BCUT2D eigenvalue weighted by Gasteiger charge is 2.50. The molecule has 5 aromatic rings. The first-order chi connectivity index (χ1) is 34.2. The number of nitrogens with one attached hydrogen (secondary N) is 3. The second kappa shape index (κ2) is 19.0. The van der Waals surface area contributed by atoms with Crippen LogP contribution in [0.15, 0.2) is 83.9 Å². The van der Waals surface area contributed by atoms with Crippen molar-refractivity contribution in [2.45, 2.75) is 100 Å². The van der Waals surface area contributed by atoms with Crippen molar-refractivity contribution in [2.75, 3.05) is 74.3 Å². The standard InChI is InChI=1S/C53H64N8O9S/c1-34-5-3-4-6-41(34)47-32-69-24-22-59(47)39-28-53(29-39)17-20-58(21-18-53)38-7-9-42(44(26-38)60-31-37-14-23-68-33-48(37)70-51-46(60)25-36-13-19-54-49(36)56-51)50(62)57-71(66,67)40-8-10-43(45(27-40)61(64)65)55-30-35-11-15-52(2,63)16-12-35/h3-10,13,19,25-27,35,37,39,47-48,55,63H,11-12,14-18,20-24,28-33H2,1-2H3,(H,54,56)(H,57,62)/t35-,37-,47-,48+,52-/m0/s1. The molecule has 18 heteroatoms. The average Bonchev–Trinajstić information content (AvgIpc) is 3.75. The zero-order valence-corrected chi connectivity index (χ0v) is 41.3. The van der Waals surface area contributed by atoms with Crippen molar-refractivity contribution in [2.24, 2.45) is 17.3 Å². The van der Waals surface area contributed by atoms with E-state index in [1.807, 2.05) is 42.3 Å². The molecule has 1 spiro atoms. The summed E-state index contributed by atoms with van der Waals surface area (Å²) in [6.07, 6.45) is 9.37. The fraction of sp³-hybridized carbons (Fsp3) is 0.509. The fourth-order valence-corrected chi connectivity index (χ4v) is 13.2. The zero-order valence-electron chi connectivity index (χ0n) is 40.5. The Labute approximate surface area is 414 Å². The third-order valence-corrected chi connectivity index (χ3v) is 17.9. The van der Waals surface area contributed by atoms with Gasteiger partial charge in [-0.2, -0.15) is 4.98 Å². The van der Waals surface area contributed by atoms with E-state index in [4.69, 9.17) is 19.2 Å². The van der Waals surface area contributed by atoms with E-state index in [9.17, 15) is 28.4 Å². The molecule has 2 aromatic heterocycles. The van der Waals surface area contributed by atoms with Gasteiger partial charge in [0, 0.05) is 74.6 Å². The molecule has 5 fully saturated rings. The van der Waals surface area contributed by atoms with E-state index in [1.165, 1.54) is 23.3 Å². The van der Waals surface area contributed by atoms with Gasteiger partial charge < -0.3 is 39.4 Å². The lowest BCUT2D eigenvalue weighted by molar-refractivity contribution is -0.384. The summed E-state index contributed by atoms with van der Waals surface area (Å²) in [6, 6.07) is 22.5. The Morgan fingerprint density at radius 3 is 2.52 bits per heavy atom. The number of nitro benzene ring substituents is 1. The van der Waals surface area contributed by atoms with Gasteiger partial charge in [-0.25, -0.2) is 13.1 Å². The SMILES string of the molecule is Cc1ccccc1[C@@H]1COCCN1C1CC2(CCN(c3ccc(C(=O)NS(=O)(=O)c4ccc(NC[C@H]5CC[C@](C)(O)CC5)c([N+](=O)[O-])c4)c(N4C[C@@H]5CCOC[C@H]5Oc5nc6[nH]ccc6cc54)c3)CC2)C1. The molecule has 6 heterocycles. The number of carbonyl (C=O) groups is 1. The van der Waals surface area contributed by atoms with Crippen LogP contribution in [-0.4, -0.2) is 116 Å². The van der Waals surface area contributed by atoms with Crippen molar-refractivity contribution in [1.29, 1.82) is 0 Å². The lowest BCUT2D eigenvalue weighted by Gasteiger charge is -2.57. The highest BCUT2D eigenvalue weighted by molar-refractivity contribution is 7.90. The summed E-state index contributed by atoms with van der Waals surface area (Å²) in [5.41, 5.74) is 4.76. The van der Waals surface area contributed by atoms with Crippen LogP contribution in [-0.2, 0) is 19.5 Å². The van der Waals surface area contributed by atoms with Gasteiger partial charge in [-0.1, -0.05) is 24.3 Å². The predicted molar refractivity (Wildman–Crippen MR) is 270 cm³/mol. The number of rotatable bonds is 11. The van der Waals surface area contributed by atoms with E-state index in [0.29, 0.717) is 81.1 Å². The van der Waals surface area contributed by atoms with Gasteiger partial charge in [0.25, 0.3) is 21.6 Å². The molecule has 0 bridgehead atoms. The number of nitro groups is 1. The molecule has 376 valence electrons. The molecular weight excluding hydrogens is 925 g/mol. The van der Waals surface area contributed by atoms with Gasteiger partial charge in [-0.3, -0.25) is 19.8 Å². The van der Waals surface area contributed by atoms with E-state index < -0.39 is 37.0 Å². The fourth-order valence-electron chi connectivity index (χ4n) is 12.2. The van der Waals surface area contributed by atoms with Crippen molar-refractivity contribution in [1.82, 2.24) is 19.6 Å². The Morgan fingerprint density at radius 2 is 1.73 bits per heavy atom. The summed E-state index contributed by atoms with van der Waals surface area (Å²) in [7, 11) is -4.62. The van der Waals surface area contributed by atoms with E-state index >= 15 is 0 Å². The largest absolute Gasteiger partial charge is 0.470 e. The molecule has 1 amide bonds. The number of carbonyl (C=O) groups excluding carboxylic acids is 1. The number of pyridine rings is 1. The molecule has 3 aromatic carbocycles. The number of anilines is 4. The van der Waals surface area contributed by atoms with Gasteiger partial charge in [0.05, 0.1) is 52.5 Å². The highest BCUT2D eigenvalue weighted by atomic mass is 32.2. The number of aliphatic hydroxyl groups is 1. The summed E-state index contributed by atoms with van der Waals surface area (Å²) < 4.78 is 49.2. The first-order valence-corrected chi connectivity index (χ1v) is 26.8. The number of hydrogen-bond donors (Lipinski definition) is 4. The maximum Gasteiger partial charge on any atom is 0.293 e. The summed E-state index contributed by atoms with van der Waals surface area (Å²) >= 11 is 0. The van der Waals surface area contributed by atoms with Crippen LogP contribution in [0.25, 0.3) is 11.0 Å². The third kappa shape index (κ3) is 9.56. The minimum atomic E-state index is -4.62. The van der Waals surface area contributed by atoms with Crippen LogP contribution >= 0.6 is 0 Å². The molecule has 4 N–H and O–H groups in total. The number of sulfonamides is 1. The van der Waals surface area contributed by atoms with Crippen LogP contribution in [0.2, 0.25) is 0 Å². The number of amides is 1. The minimum absolute atomic E-state index is 0.00136. The van der Waals surface area contributed by atoms with Gasteiger partial charge in [0.2, 0.25) is 5.88 Å². The van der Waals surface area contributed by atoms with Crippen LogP contribution in [0, 0.1) is 34.3 Å². The smallest absolute Gasteiger partial charge is 0.293 e. The number of aryl methyl sites for hydroxylation is 1. The van der Waals surface area contributed by atoms with E-state index in [1.54, 1.807) is 6.07 Å². The number of benzene rings is 3. The van der Waals surface area contributed by atoms with Crippen molar-refractivity contribution in [3.8, 4) is 5.88 Å². The van der Waals surface area contributed by atoms with Crippen molar-refractivity contribution in [3.05, 3.63) is 106 Å². The molecule has 0 unspecified atom stereocenters. The number of nitrogens with zero attached hydrogens (tertiary/aromatic N) is 5. The average molecular weight is 989 g/mol. The number of aromatic amines is 1. The second-order valence-corrected chi connectivity index (χ2v) is 22.9. The molecule has 6 aliphatic rings. The van der Waals surface area contributed by atoms with E-state index in [2.05, 4.69) is 56.0 Å². The maximum atomic E-state index is 14.7. The summed E-state index contributed by atoms with van der Waals surface area (Å²) in [6.45, 7) is 9.87. The molecule has 2 saturated carbocycles. The maximum absolute atomic E-state index is 14.7. The Balaban J connectivity index is 0.869. The summed E-state index contributed by atoms with van der Waals surface area (Å²) in [4.78, 5) is 41.2. The lowest BCUT2D eigenvalue weighted by atomic mass is 9.59. The number of ether oxygens (including phenoxy) is 3. The number of morpholine rings is 1. The number of fused-ring (bicyclic) bond motifs is 3. The number of piperidine rings is 1. The number of H-pyrrole nitrogens is 1. The van der Waals surface area contributed by atoms with E-state index in [0.717, 1.165) is 81.9 Å². The monoisotopic (exact) mass is 988 g/mol. The quantitative estimate of drug-likeness (QED) is 0.0732. The van der Waals surface area contributed by atoms with Crippen LogP contribution in [0.5, 0.6) is 5.88 Å². The van der Waals surface area contributed by atoms with Crippen LogP contribution < -0.4 is 24.6 Å². The molecule has 17 nitrogen and oxygen atoms in total. The minimum Gasteiger partial charge on any atom is -0.470 e. The highest BCUT2D eigenvalue weighted by Crippen LogP contribution is 2.53. The molecule has 4 aliphatic heterocycles. The number of hydrogen-bond acceptors (Lipinski definition) is 14. The normalized spacial score (nSPS) is 25.9. The van der Waals surface area contributed by atoms with Gasteiger partial charge in [0.1, 0.15) is 23.1 Å². The lowest BCUT2D eigenvalue weighted by Crippen LogP contribution is -2.57. The van der Waals surface area contributed by atoms with Crippen LogP contribution in [0.3, 0.4) is 0 Å².